The van der Waals surface area contributed by atoms with Gasteiger partial charge in [0.25, 0.3) is 0 Å². The van der Waals surface area contributed by atoms with E-state index in [2.05, 4.69) is 10.2 Å². The van der Waals surface area contributed by atoms with Crippen molar-refractivity contribution in [1.82, 2.24) is 10.2 Å². The van der Waals surface area contributed by atoms with Crippen molar-refractivity contribution in [3.63, 3.8) is 0 Å². The molecule has 1 aliphatic carbocycles. The predicted octanol–water partition coefficient (Wildman–Crippen LogP) is 1.11. The van der Waals surface area contributed by atoms with Crippen LogP contribution in [0.25, 0.3) is 0 Å². The van der Waals surface area contributed by atoms with E-state index in [4.69, 9.17) is 5.73 Å². The Labute approximate surface area is 105 Å². The van der Waals surface area contributed by atoms with Gasteiger partial charge in [0.05, 0.1) is 5.54 Å². The Morgan fingerprint density at radius 1 is 1.18 bits per heavy atom. The minimum Gasteiger partial charge on any atom is -0.368 e. The highest BCUT2D eigenvalue weighted by Crippen LogP contribution is 2.26. The summed E-state index contributed by atoms with van der Waals surface area (Å²) in [5.74, 6) is -0.168. The van der Waals surface area contributed by atoms with Crippen molar-refractivity contribution in [2.45, 2.75) is 50.5 Å². The first-order valence-electron chi connectivity index (χ1n) is 6.76. The normalized spacial score (nSPS) is 20.9. The number of amides is 1. The molecular weight excluding hydrogens is 214 g/mol. The average Bonchev–Trinajstić information content (AvgIpc) is 2.20. The Balaban J connectivity index is 2.55. The van der Waals surface area contributed by atoms with Crippen molar-refractivity contribution in [2.75, 3.05) is 27.2 Å². The summed E-state index contributed by atoms with van der Waals surface area (Å²) in [7, 11) is 4.08. The van der Waals surface area contributed by atoms with Crippen molar-refractivity contribution in [1.29, 1.82) is 0 Å². The summed E-state index contributed by atoms with van der Waals surface area (Å²) in [6, 6.07) is 0. The largest absolute Gasteiger partial charge is 0.368 e. The van der Waals surface area contributed by atoms with E-state index in [1.54, 1.807) is 0 Å². The zero-order valence-corrected chi connectivity index (χ0v) is 11.3. The standard InChI is InChI=1S/C13H27N3O/c1-16(2)11-10-15-13(12(14)17)8-6-4-3-5-7-9-13/h15H,3-11H2,1-2H3,(H2,14,17). The van der Waals surface area contributed by atoms with Crippen LogP contribution in [0.2, 0.25) is 0 Å². The minimum atomic E-state index is -0.448. The van der Waals surface area contributed by atoms with Gasteiger partial charge in [-0.3, -0.25) is 4.79 Å². The van der Waals surface area contributed by atoms with Crippen LogP contribution >= 0.6 is 0 Å². The van der Waals surface area contributed by atoms with Gasteiger partial charge >= 0.3 is 0 Å². The molecule has 1 fully saturated rings. The number of hydrogen-bond donors (Lipinski definition) is 2. The number of hydrogen-bond acceptors (Lipinski definition) is 3. The number of primary amides is 1. The van der Waals surface area contributed by atoms with Gasteiger partial charge in [-0.05, 0) is 26.9 Å². The van der Waals surface area contributed by atoms with E-state index in [-0.39, 0.29) is 5.91 Å². The lowest BCUT2D eigenvalue weighted by Gasteiger charge is -2.34. The van der Waals surface area contributed by atoms with E-state index in [1.807, 2.05) is 14.1 Å². The van der Waals surface area contributed by atoms with Crippen LogP contribution in [-0.4, -0.2) is 43.5 Å². The molecule has 1 aliphatic rings. The summed E-state index contributed by atoms with van der Waals surface area (Å²) in [5, 5.41) is 3.42. The van der Waals surface area contributed by atoms with Crippen molar-refractivity contribution in [3.8, 4) is 0 Å². The first-order valence-corrected chi connectivity index (χ1v) is 6.76. The lowest BCUT2D eigenvalue weighted by atomic mass is 9.83. The first-order chi connectivity index (χ1) is 8.07. The van der Waals surface area contributed by atoms with Crippen molar-refractivity contribution < 1.29 is 4.79 Å². The number of likely N-dealkylation sites (N-methyl/N-ethyl adjacent to an activating group) is 1. The summed E-state index contributed by atoms with van der Waals surface area (Å²) >= 11 is 0. The van der Waals surface area contributed by atoms with Crippen LogP contribution in [-0.2, 0) is 4.79 Å². The molecule has 1 rings (SSSR count). The predicted molar refractivity (Wildman–Crippen MR) is 70.8 cm³/mol. The van der Waals surface area contributed by atoms with Crippen LogP contribution in [0.4, 0.5) is 0 Å². The molecule has 17 heavy (non-hydrogen) atoms. The SMILES string of the molecule is CN(C)CCNC1(C(N)=O)CCCCCCC1. The fraction of sp³-hybridized carbons (Fsp3) is 0.923. The second kappa shape index (κ2) is 6.97. The van der Waals surface area contributed by atoms with Crippen molar-refractivity contribution in [3.05, 3.63) is 0 Å². The van der Waals surface area contributed by atoms with E-state index < -0.39 is 5.54 Å². The Hall–Kier alpha value is -0.610. The Morgan fingerprint density at radius 2 is 1.71 bits per heavy atom. The van der Waals surface area contributed by atoms with Gasteiger partial charge in [0.15, 0.2) is 0 Å². The summed E-state index contributed by atoms with van der Waals surface area (Å²) in [5.41, 5.74) is 5.18. The lowest BCUT2D eigenvalue weighted by Crippen LogP contribution is -2.56. The van der Waals surface area contributed by atoms with Gasteiger partial charge in [-0.2, -0.15) is 0 Å². The van der Waals surface area contributed by atoms with Gasteiger partial charge in [0.2, 0.25) is 5.91 Å². The Kier molecular flexibility index (Phi) is 5.92. The molecule has 0 aliphatic heterocycles. The third-order valence-corrected chi connectivity index (χ3v) is 3.70. The fourth-order valence-corrected chi connectivity index (χ4v) is 2.54. The summed E-state index contributed by atoms with van der Waals surface area (Å²) in [6.07, 6.45) is 7.77. The van der Waals surface area contributed by atoms with E-state index in [1.165, 1.54) is 19.3 Å². The molecule has 4 heteroatoms. The Bertz CT molecular complexity index is 233. The number of nitrogens with two attached hydrogens (primary N) is 1. The molecule has 0 heterocycles. The van der Waals surface area contributed by atoms with Crippen LogP contribution in [0.5, 0.6) is 0 Å². The zero-order valence-electron chi connectivity index (χ0n) is 11.3. The molecule has 0 spiro atoms. The van der Waals surface area contributed by atoms with Gasteiger partial charge in [0.1, 0.15) is 0 Å². The molecule has 1 saturated carbocycles. The maximum absolute atomic E-state index is 11.8. The van der Waals surface area contributed by atoms with Crippen molar-refractivity contribution in [2.24, 2.45) is 5.73 Å². The number of carbonyl (C=O) groups excluding carboxylic acids is 1. The second-order valence-corrected chi connectivity index (χ2v) is 5.44. The Morgan fingerprint density at radius 3 is 2.18 bits per heavy atom. The highest BCUT2D eigenvalue weighted by atomic mass is 16.1. The van der Waals surface area contributed by atoms with E-state index >= 15 is 0 Å². The smallest absolute Gasteiger partial charge is 0.237 e. The monoisotopic (exact) mass is 241 g/mol. The molecule has 0 aromatic heterocycles. The highest BCUT2D eigenvalue weighted by Gasteiger charge is 2.35. The molecule has 0 aromatic rings. The molecule has 3 N–H and O–H groups in total. The summed E-state index contributed by atoms with van der Waals surface area (Å²) < 4.78 is 0. The fourth-order valence-electron chi connectivity index (χ4n) is 2.54. The molecule has 0 radical (unpaired) electrons. The maximum atomic E-state index is 11.8. The molecule has 0 bridgehead atoms. The molecular formula is C13H27N3O. The number of carbonyl (C=O) groups is 1. The van der Waals surface area contributed by atoms with E-state index in [0.29, 0.717) is 0 Å². The number of nitrogens with zero attached hydrogens (tertiary/aromatic N) is 1. The number of nitrogens with one attached hydrogen (secondary N) is 1. The topological polar surface area (TPSA) is 58.4 Å². The van der Waals surface area contributed by atoms with Gasteiger partial charge in [-0.15, -0.1) is 0 Å². The molecule has 0 aromatic carbocycles. The van der Waals surface area contributed by atoms with Crippen LogP contribution < -0.4 is 11.1 Å². The molecule has 1 amide bonds. The third-order valence-electron chi connectivity index (χ3n) is 3.70. The molecule has 0 saturated heterocycles. The van der Waals surface area contributed by atoms with Gasteiger partial charge in [0, 0.05) is 13.1 Å². The average molecular weight is 241 g/mol. The van der Waals surface area contributed by atoms with Gasteiger partial charge in [-0.1, -0.05) is 32.1 Å². The maximum Gasteiger partial charge on any atom is 0.237 e. The quantitative estimate of drug-likeness (QED) is 0.758. The van der Waals surface area contributed by atoms with Crippen LogP contribution in [0, 0.1) is 0 Å². The van der Waals surface area contributed by atoms with Crippen LogP contribution in [0.15, 0.2) is 0 Å². The van der Waals surface area contributed by atoms with E-state index in [0.717, 1.165) is 38.8 Å². The molecule has 4 nitrogen and oxygen atoms in total. The van der Waals surface area contributed by atoms with Crippen LogP contribution in [0.1, 0.15) is 44.9 Å². The molecule has 0 unspecified atom stereocenters. The minimum absolute atomic E-state index is 0.168. The summed E-state index contributed by atoms with van der Waals surface area (Å²) in [4.78, 5) is 13.9. The van der Waals surface area contributed by atoms with Gasteiger partial charge < -0.3 is 16.0 Å². The van der Waals surface area contributed by atoms with Gasteiger partial charge in [-0.25, -0.2) is 0 Å². The second-order valence-electron chi connectivity index (χ2n) is 5.44. The first kappa shape index (κ1) is 14.5. The number of rotatable bonds is 5. The third kappa shape index (κ3) is 4.64. The van der Waals surface area contributed by atoms with Crippen LogP contribution in [0.3, 0.4) is 0 Å². The van der Waals surface area contributed by atoms with E-state index in [9.17, 15) is 4.79 Å². The zero-order chi connectivity index (χ0) is 12.7. The molecule has 0 atom stereocenters. The molecule has 100 valence electrons. The van der Waals surface area contributed by atoms with Crippen molar-refractivity contribution >= 4 is 5.91 Å². The lowest BCUT2D eigenvalue weighted by molar-refractivity contribution is -0.125. The summed E-state index contributed by atoms with van der Waals surface area (Å²) in [6.45, 7) is 1.77. The highest BCUT2D eigenvalue weighted by molar-refractivity contribution is 5.84.